The predicted molar refractivity (Wildman–Crippen MR) is 110 cm³/mol. The molecule has 0 bridgehead atoms. The van der Waals surface area contributed by atoms with E-state index in [4.69, 9.17) is 23.2 Å². The van der Waals surface area contributed by atoms with E-state index in [1.807, 2.05) is 28.6 Å². The number of hydrogen-bond donors (Lipinski definition) is 0. The molecule has 1 aliphatic rings. The number of rotatable bonds is 3. The largest absolute Gasteiger partial charge is 0.339 e. The average molecular weight is 402 g/mol. The number of benzene rings is 1. The fourth-order valence-corrected chi connectivity index (χ4v) is 4.34. The minimum atomic E-state index is -0.00340. The molecule has 2 aromatic heterocycles. The van der Waals surface area contributed by atoms with Gasteiger partial charge in [0.25, 0.3) is 5.91 Å². The highest BCUT2D eigenvalue weighted by molar-refractivity contribution is 6.38. The standard InChI is InChI=1S/C21H21Cl2N3O/c1-25-15(12-14-6-5-9-24-20(14)25)13-17-18(22)8-7-16(19(17)23)21(27)26-10-3-2-4-11-26/h5-9,12H,2-4,10-11,13H2,1H3. The smallest absolute Gasteiger partial charge is 0.255 e. The first-order chi connectivity index (χ1) is 13.1. The number of halogens is 2. The van der Waals surface area contributed by atoms with Crippen LogP contribution in [0.5, 0.6) is 0 Å². The molecule has 27 heavy (non-hydrogen) atoms. The molecule has 1 amide bonds. The van der Waals surface area contributed by atoms with E-state index in [0.29, 0.717) is 22.0 Å². The second kappa shape index (κ2) is 7.53. The van der Waals surface area contributed by atoms with Crippen molar-refractivity contribution in [3.8, 4) is 0 Å². The summed E-state index contributed by atoms with van der Waals surface area (Å²) in [6.45, 7) is 1.59. The SMILES string of the molecule is Cn1c(Cc2c(Cl)ccc(C(=O)N3CCCCC3)c2Cl)cc2cccnc21. The molecular weight excluding hydrogens is 381 g/mol. The summed E-state index contributed by atoms with van der Waals surface area (Å²) >= 11 is 13.1. The summed E-state index contributed by atoms with van der Waals surface area (Å²) in [7, 11) is 1.98. The first kappa shape index (κ1) is 18.3. The van der Waals surface area contributed by atoms with Crippen LogP contribution in [0.4, 0.5) is 0 Å². The van der Waals surface area contributed by atoms with Gasteiger partial charge in [-0.25, -0.2) is 4.98 Å². The van der Waals surface area contributed by atoms with Gasteiger partial charge in [-0.1, -0.05) is 23.2 Å². The molecule has 0 unspecified atom stereocenters. The minimum absolute atomic E-state index is 0.00340. The number of pyridine rings is 1. The summed E-state index contributed by atoms with van der Waals surface area (Å²) in [6.07, 6.45) is 5.60. The van der Waals surface area contributed by atoms with Crippen molar-refractivity contribution >= 4 is 40.1 Å². The Labute approximate surface area is 168 Å². The number of amides is 1. The molecule has 0 atom stereocenters. The highest BCUT2D eigenvalue weighted by atomic mass is 35.5. The van der Waals surface area contributed by atoms with Crippen molar-refractivity contribution in [2.75, 3.05) is 13.1 Å². The molecule has 0 N–H and O–H groups in total. The normalized spacial score (nSPS) is 14.7. The third kappa shape index (κ3) is 3.44. The van der Waals surface area contributed by atoms with Crippen LogP contribution in [0.3, 0.4) is 0 Å². The summed E-state index contributed by atoms with van der Waals surface area (Å²) in [6, 6.07) is 9.57. The van der Waals surface area contributed by atoms with Gasteiger partial charge in [-0.2, -0.15) is 0 Å². The van der Waals surface area contributed by atoms with Gasteiger partial charge in [0.1, 0.15) is 5.65 Å². The summed E-state index contributed by atoms with van der Waals surface area (Å²) < 4.78 is 2.04. The third-order valence-corrected chi connectivity index (χ3v) is 6.09. The van der Waals surface area contributed by atoms with E-state index in [2.05, 4.69) is 11.1 Å². The molecule has 0 spiro atoms. The Bertz CT molecular complexity index is 1010. The Balaban J connectivity index is 1.70. The van der Waals surface area contributed by atoms with Gasteiger partial charge in [-0.05, 0) is 55.2 Å². The number of nitrogens with zero attached hydrogens (tertiary/aromatic N) is 3. The summed E-state index contributed by atoms with van der Waals surface area (Å²) in [5, 5.41) is 2.10. The molecule has 1 aliphatic heterocycles. The van der Waals surface area contributed by atoms with Gasteiger partial charge in [0.05, 0.1) is 10.6 Å². The van der Waals surface area contributed by atoms with Crippen LogP contribution in [0.2, 0.25) is 10.0 Å². The fourth-order valence-electron chi connectivity index (χ4n) is 3.76. The zero-order chi connectivity index (χ0) is 19.0. The van der Waals surface area contributed by atoms with Crippen molar-refractivity contribution in [1.82, 2.24) is 14.5 Å². The van der Waals surface area contributed by atoms with Crippen LogP contribution in [-0.2, 0) is 13.5 Å². The molecule has 1 aromatic carbocycles. The second-order valence-electron chi connectivity index (χ2n) is 7.03. The monoisotopic (exact) mass is 401 g/mol. The topological polar surface area (TPSA) is 38.1 Å². The van der Waals surface area contributed by atoms with Crippen molar-refractivity contribution in [3.05, 3.63) is 63.4 Å². The highest BCUT2D eigenvalue weighted by Crippen LogP contribution is 2.32. The molecule has 0 saturated carbocycles. The van der Waals surface area contributed by atoms with Crippen molar-refractivity contribution in [3.63, 3.8) is 0 Å². The molecule has 140 valence electrons. The maximum absolute atomic E-state index is 12.9. The van der Waals surface area contributed by atoms with Gasteiger partial charge in [0.15, 0.2) is 0 Å². The van der Waals surface area contributed by atoms with E-state index in [-0.39, 0.29) is 5.91 Å². The number of piperidine rings is 1. The minimum Gasteiger partial charge on any atom is -0.339 e. The maximum atomic E-state index is 12.9. The Morgan fingerprint density at radius 2 is 1.93 bits per heavy atom. The van der Waals surface area contributed by atoms with Gasteiger partial charge < -0.3 is 9.47 Å². The quantitative estimate of drug-likeness (QED) is 0.612. The van der Waals surface area contributed by atoms with Gasteiger partial charge in [-0.3, -0.25) is 4.79 Å². The average Bonchev–Trinajstić information content (AvgIpc) is 3.01. The van der Waals surface area contributed by atoms with Crippen LogP contribution < -0.4 is 0 Å². The molecule has 4 rings (SSSR count). The summed E-state index contributed by atoms with van der Waals surface area (Å²) in [5.41, 5.74) is 3.29. The van der Waals surface area contributed by atoms with E-state index < -0.39 is 0 Å². The van der Waals surface area contributed by atoms with Crippen LogP contribution in [0, 0.1) is 0 Å². The number of likely N-dealkylation sites (tertiary alicyclic amines) is 1. The Kier molecular flexibility index (Phi) is 5.11. The Morgan fingerprint density at radius 1 is 1.15 bits per heavy atom. The predicted octanol–water partition coefficient (Wildman–Crippen LogP) is 5.10. The van der Waals surface area contributed by atoms with Gasteiger partial charge >= 0.3 is 0 Å². The van der Waals surface area contributed by atoms with Crippen molar-refractivity contribution in [2.24, 2.45) is 7.05 Å². The fraction of sp³-hybridized carbons (Fsp3) is 0.333. The van der Waals surface area contributed by atoms with Gasteiger partial charge in [0, 0.05) is 48.9 Å². The van der Waals surface area contributed by atoms with Crippen LogP contribution in [0.1, 0.15) is 40.9 Å². The lowest BCUT2D eigenvalue weighted by Gasteiger charge is -2.27. The van der Waals surface area contributed by atoms with Crippen LogP contribution >= 0.6 is 23.2 Å². The van der Waals surface area contributed by atoms with Crippen LogP contribution in [0.15, 0.2) is 36.5 Å². The number of aryl methyl sites for hydroxylation is 1. The Morgan fingerprint density at radius 3 is 2.67 bits per heavy atom. The molecule has 3 aromatic rings. The summed E-state index contributed by atoms with van der Waals surface area (Å²) in [4.78, 5) is 19.3. The zero-order valence-electron chi connectivity index (χ0n) is 15.2. The van der Waals surface area contributed by atoms with E-state index >= 15 is 0 Å². The van der Waals surface area contributed by atoms with E-state index in [1.54, 1.807) is 18.3 Å². The molecule has 3 heterocycles. The molecule has 0 aliphatic carbocycles. The molecule has 1 fully saturated rings. The van der Waals surface area contributed by atoms with Gasteiger partial charge in [-0.15, -0.1) is 0 Å². The first-order valence-corrected chi connectivity index (χ1v) is 9.97. The molecular formula is C21H21Cl2N3O. The number of fused-ring (bicyclic) bond motifs is 1. The summed E-state index contributed by atoms with van der Waals surface area (Å²) in [5.74, 6) is -0.00340. The highest BCUT2D eigenvalue weighted by Gasteiger charge is 2.23. The van der Waals surface area contributed by atoms with Crippen LogP contribution in [0.25, 0.3) is 11.0 Å². The molecule has 4 nitrogen and oxygen atoms in total. The number of hydrogen-bond acceptors (Lipinski definition) is 2. The Hall–Kier alpha value is -2.04. The zero-order valence-corrected chi connectivity index (χ0v) is 16.7. The third-order valence-electron chi connectivity index (χ3n) is 5.31. The molecule has 0 radical (unpaired) electrons. The lowest BCUT2D eigenvalue weighted by molar-refractivity contribution is 0.0724. The van der Waals surface area contributed by atoms with Crippen molar-refractivity contribution in [1.29, 1.82) is 0 Å². The molecule has 1 saturated heterocycles. The van der Waals surface area contributed by atoms with Gasteiger partial charge in [0.2, 0.25) is 0 Å². The van der Waals surface area contributed by atoms with E-state index in [1.165, 1.54) is 6.42 Å². The lowest BCUT2D eigenvalue weighted by Crippen LogP contribution is -2.35. The van der Waals surface area contributed by atoms with Crippen LogP contribution in [-0.4, -0.2) is 33.4 Å². The molecule has 6 heteroatoms. The van der Waals surface area contributed by atoms with E-state index in [0.717, 1.165) is 48.2 Å². The second-order valence-corrected chi connectivity index (χ2v) is 7.81. The number of carbonyl (C=O) groups excluding carboxylic acids is 1. The lowest BCUT2D eigenvalue weighted by atomic mass is 10.0. The maximum Gasteiger partial charge on any atom is 0.255 e. The number of aromatic nitrogens is 2. The van der Waals surface area contributed by atoms with E-state index in [9.17, 15) is 4.79 Å². The first-order valence-electron chi connectivity index (χ1n) is 9.21. The number of carbonyl (C=O) groups is 1. The van der Waals surface area contributed by atoms with Crippen molar-refractivity contribution in [2.45, 2.75) is 25.7 Å². The van der Waals surface area contributed by atoms with Crippen molar-refractivity contribution < 1.29 is 4.79 Å².